The van der Waals surface area contributed by atoms with E-state index in [0.29, 0.717) is 40.3 Å². The number of benzene rings is 1. The minimum atomic E-state index is -0.412. The molecule has 3 aromatic rings. The van der Waals surface area contributed by atoms with Crippen LogP contribution in [-0.2, 0) is 0 Å². The highest BCUT2D eigenvalue weighted by atomic mass is 19.1. The summed E-state index contributed by atoms with van der Waals surface area (Å²) >= 11 is 0. The van der Waals surface area contributed by atoms with Crippen molar-refractivity contribution in [2.24, 2.45) is 0 Å². The number of carbonyl (C=O) groups is 1. The summed E-state index contributed by atoms with van der Waals surface area (Å²) in [5.41, 5.74) is 2.43. The van der Waals surface area contributed by atoms with E-state index < -0.39 is 6.04 Å². The van der Waals surface area contributed by atoms with Gasteiger partial charge in [0.25, 0.3) is 5.91 Å². The number of nitrogens with one attached hydrogen (secondary N) is 1. The maximum atomic E-state index is 13.2. The predicted octanol–water partition coefficient (Wildman–Crippen LogP) is 3.38. The molecule has 0 bridgehead atoms. The third kappa shape index (κ3) is 3.34. The molecule has 1 N–H and O–H groups in total. The molecule has 0 saturated heterocycles. The molecule has 7 nitrogen and oxygen atoms in total. The summed E-state index contributed by atoms with van der Waals surface area (Å²) in [7, 11) is 0. The van der Waals surface area contributed by atoms with E-state index >= 15 is 0 Å². The van der Waals surface area contributed by atoms with Gasteiger partial charge in [-0.15, -0.1) is 0 Å². The van der Waals surface area contributed by atoms with Crippen molar-refractivity contribution < 1.29 is 13.7 Å². The Labute approximate surface area is 155 Å². The molecule has 1 amide bonds. The van der Waals surface area contributed by atoms with Crippen LogP contribution < -0.4 is 5.32 Å². The van der Waals surface area contributed by atoms with Crippen LogP contribution in [0.5, 0.6) is 0 Å². The molecule has 1 saturated carbocycles. The molecule has 0 spiro atoms. The van der Waals surface area contributed by atoms with Gasteiger partial charge in [0.15, 0.2) is 5.82 Å². The average Bonchev–Trinajstić information content (AvgIpc) is 3.28. The quantitative estimate of drug-likeness (QED) is 0.745. The lowest BCUT2D eigenvalue weighted by atomic mass is 10.1. The molecule has 1 aliphatic rings. The highest BCUT2D eigenvalue weighted by Crippen LogP contribution is 2.38. The van der Waals surface area contributed by atoms with Crippen LogP contribution in [0.2, 0.25) is 0 Å². The number of hydrogen-bond acceptors (Lipinski definition) is 5. The van der Waals surface area contributed by atoms with Crippen LogP contribution in [0.25, 0.3) is 5.69 Å². The Kier molecular flexibility index (Phi) is 4.25. The third-order valence-electron chi connectivity index (χ3n) is 4.71. The number of aromatic nitrogens is 4. The number of hydrogen-bond donors (Lipinski definition) is 1. The van der Waals surface area contributed by atoms with E-state index in [-0.39, 0.29) is 11.7 Å². The van der Waals surface area contributed by atoms with Gasteiger partial charge in [-0.2, -0.15) is 10.1 Å². The monoisotopic (exact) mass is 369 g/mol. The van der Waals surface area contributed by atoms with Crippen molar-refractivity contribution in [2.45, 2.75) is 45.6 Å². The first-order valence-corrected chi connectivity index (χ1v) is 8.90. The second-order valence-electron chi connectivity index (χ2n) is 6.89. The van der Waals surface area contributed by atoms with E-state index in [0.717, 1.165) is 12.8 Å². The molecule has 2 aromatic heterocycles. The molecule has 140 valence electrons. The first kappa shape index (κ1) is 17.4. The van der Waals surface area contributed by atoms with E-state index in [1.165, 1.54) is 12.1 Å². The zero-order valence-corrected chi connectivity index (χ0v) is 15.4. The summed E-state index contributed by atoms with van der Waals surface area (Å²) in [6, 6.07) is 5.56. The summed E-state index contributed by atoms with van der Waals surface area (Å²) in [4.78, 5) is 17.2. The van der Waals surface area contributed by atoms with E-state index in [1.54, 1.807) is 37.6 Å². The molecule has 27 heavy (non-hydrogen) atoms. The molecular weight excluding hydrogens is 349 g/mol. The molecule has 1 unspecified atom stereocenters. The topological polar surface area (TPSA) is 85.8 Å². The van der Waals surface area contributed by atoms with Crippen molar-refractivity contribution in [3.63, 3.8) is 0 Å². The second kappa shape index (κ2) is 6.61. The van der Waals surface area contributed by atoms with Crippen molar-refractivity contribution in [3.8, 4) is 5.69 Å². The van der Waals surface area contributed by atoms with Gasteiger partial charge >= 0.3 is 0 Å². The van der Waals surface area contributed by atoms with E-state index in [9.17, 15) is 9.18 Å². The van der Waals surface area contributed by atoms with Gasteiger partial charge in [-0.25, -0.2) is 9.07 Å². The number of nitrogens with zero attached hydrogens (tertiary/aromatic N) is 4. The van der Waals surface area contributed by atoms with Gasteiger partial charge in [-0.1, -0.05) is 5.16 Å². The Morgan fingerprint density at radius 1 is 1.30 bits per heavy atom. The second-order valence-corrected chi connectivity index (χ2v) is 6.89. The van der Waals surface area contributed by atoms with Crippen molar-refractivity contribution in [3.05, 3.63) is 58.7 Å². The zero-order valence-electron chi connectivity index (χ0n) is 15.4. The molecule has 2 heterocycles. The Morgan fingerprint density at radius 3 is 2.67 bits per heavy atom. The third-order valence-corrected chi connectivity index (χ3v) is 4.71. The van der Waals surface area contributed by atoms with Gasteiger partial charge in [0.2, 0.25) is 5.89 Å². The normalized spacial score (nSPS) is 15.0. The summed E-state index contributed by atoms with van der Waals surface area (Å²) in [5.74, 6) is 0.909. The lowest BCUT2D eigenvalue weighted by Gasteiger charge is -2.10. The highest BCUT2D eigenvalue weighted by molar-refractivity contribution is 5.96. The van der Waals surface area contributed by atoms with E-state index in [1.807, 2.05) is 0 Å². The number of halogens is 1. The molecule has 4 rings (SSSR count). The average molecular weight is 369 g/mol. The highest BCUT2D eigenvalue weighted by Gasteiger charge is 2.30. The standard InChI is InChI=1S/C19H20FN5O2/c1-10-16(12(3)25(23-10)15-8-6-14(20)7-9-15)18(26)21-11(2)19-22-17(24-27-19)13-4-5-13/h6-9,11,13H,4-5H2,1-3H3,(H,21,26). The van der Waals surface area contributed by atoms with Crippen molar-refractivity contribution >= 4 is 5.91 Å². The summed E-state index contributed by atoms with van der Waals surface area (Å²) < 4.78 is 20.1. The Bertz CT molecular complexity index is 988. The molecule has 1 aromatic carbocycles. The Morgan fingerprint density at radius 2 is 2.00 bits per heavy atom. The van der Waals surface area contributed by atoms with Crippen LogP contribution in [0.3, 0.4) is 0 Å². The number of amides is 1. The van der Waals surface area contributed by atoms with Gasteiger partial charge in [0.1, 0.15) is 11.9 Å². The maximum Gasteiger partial charge on any atom is 0.255 e. The molecule has 1 fully saturated rings. The summed E-state index contributed by atoms with van der Waals surface area (Å²) in [6.45, 7) is 5.38. The molecule has 1 aliphatic carbocycles. The Balaban J connectivity index is 1.55. The van der Waals surface area contributed by atoms with Crippen molar-refractivity contribution in [1.82, 2.24) is 25.2 Å². The summed E-state index contributed by atoms with van der Waals surface area (Å²) in [5, 5.41) is 11.3. The van der Waals surface area contributed by atoms with E-state index in [2.05, 4.69) is 20.6 Å². The van der Waals surface area contributed by atoms with Crippen LogP contribution in [0.4, 0.5) is 4.39 Å². The number of carbonyl (C=O) groups excluding carboxylic acids is 1. The molecule has 8 heteroatoms. The molecular formula is C19H20FN5O2. The van der Waals surface area contributed by atoms with Gasteiger partial charge in [0, 0.05) is 5.92 Å². The smallest absolute Gasteiger partial charge is 0.255 e. The summed E-state index contributed by atoms with van der Waals surface area (Å²) in [6.07, 6.45) is 2.17. The molecule has 1 atom stereocenters. The molecule has 0 radical (unpaired) electrons. The van der Waals surface area contributed by atoms with Crippen LogP contribution in [0.15, 0.2) is 28.8 Å². The first-order valence-electron chi connectivity index (χ1n) is 8.90. The zero-order chi connectivity index (χ0) is 19.1. The minimum Gasteiger partial charge on any atom is -0.340 e. The number of rotatable bonds is 5. The fourth-order valence-corrected chi connectivity index (χ4v) is 3.07. The van der Waals surface area contributed by atoms with Crippen molar-refractivity contribution in [2.75, 3.05) is 0 Å². The van der Waals surface area contributed by atoms with Crippen LogP contribution in [0.1, 0.15) is 65.2 Å². The lowest BCUT2D eigenvalue weighted by molar-refractivity contribution is 0.0931. The van der Waals surface area contributed by atoms with Crippen molar-refractivity contribution in [1.29, 1.82) is 0 Å². The van der Waals surface area contributed by atoms with Gasteiger partial charge in [-0.05, 0) is 57.9 Å². The fraction of sp³-hybridized carbons (Fsp3) is 0.368. The predicted molar refractivity (Wildman–Crippen MR) is 95.2 cm³/mol. The van der Waals surface area contributed by atoms with Gasteiger partial charge in [-0.3, -0.25) is 4.79 Å². The maximum absolute atomic E-state index is 13.2. The fourth-order valence-electron chi connectivity index (χ4n) is 3.07. The van der Waals surface area contributed by atoms with Crippen LogP contribution >= 0.6 is 0 Å². The Hall–Kier alpha value is -3.03. The van der Waals surface area contributed by atoms with E-state index in [4.69, 9.17) is 4.52 Å². The van der Waals surface area contributed by atoms with Gasteiger partial charge < -0.3 is 9.84 Å². The van der Waals surface area contributed by atoms with Crippen LogP contribution in [0, 0.1) is 19.7 Å². The number of aryl methyl sites for hydroxylation is 1. The SMILES string of the molecule is Cc1nn(-c2ccc(F)cc2)c(C)c1C(=O)NC(C)c1nc(C2CC2)no1. The lowest BCUT2D eigenvalue weighted by Crippen LogP contribution is -2.27. The van der Waals surface area contributed by atoms with Crippen LogP contribution in [-0.4, -0.2) is 25.8 Å². The molecule has 0 aliphatic heterocycles. The first-order chi connectivity index (χ1) is 12.9. The largest absolute Gasteiger partial charge is 0.340 e. The van der Waals surface area contributed by atoms with Gasteiger partial charge in [0.05, 0.1) is 22.6 Å². The minimum absolute atomic E-state index is 0.267.